The van der Waals surface area contributed by atoms with Crippen molar-refractivity contribution in [2.24, 2.45) is 0 Å². The van der Waals surface area contributed by atoms with Crippen LogP contribution in [0.5, 0.6) is 0 Å². The van der Waals surface area contributed by atoms with Crippen molar-refractivity contribution < 1.29 is 4.79 Å². The van der Waals surface area contributed by atoms with Gasteiger partial charge in [-0.15, -0.1) is 0 Å². The Labute approximate surface area is 55.3 Å². The van der Waals surface area contributed by atoms with Gasteiger partial charge in [0, 0.05) is 0 Å². The van der Waals surface area contributed by atoms with Crippen molar-refractivity contribution in [3.8, 4) is 0 Å². The van der Waals surface area contributed by atoms with Gasteiger partial charge in [0.1, 0.15) is 0 Å². The van der Waals surface area contributed by atoms with Gasteiger partial charge in [-0.1, -0.05) is 0 Å². The number of carbonyl (C=O) groups is 1. The normalized spacial score (nSPS) is 28.5. The molecule has 8 heavy (non-hydrogen) atoms. The topological polar surface area (TPSA) is 17.1 Å². The zero-order chi connectivity index (χ0) is 6.15. The quantitative estimate of drug-likeness (QED) is 0.501. The van der Waals surface area contributed by atoms with E-state index in [2.05, 4.69) is 0 Å². The van der Waals surface area contributed by atoms with E-state index in [1.165, 1.54) is 4.47 Å². The minimum absolute atomic E-state index is 0.322. The molecule has 0 saturated heterocycles. The molecule has 1 heterocycles. The van der Waals surface area contributed by atoms with E-state index in [1.54, 1.807) is 6.08 Å². The predicted octanol–water partition coefficient (Wildman–Crippen LogP) is 0.986. The van der Waals surface area contributed by atoms with Gasteiger partial charge in [-0.2, -0.15) is 0 Å². The van der Waals surface area contributed by atoms with Crippen LogP contribution in [0.25, 0.3) is 0 Å². The second-order valence-corrected chi connectivity index (χ2v) is 5.25. The summed E-state index contributed by atoms with van der Waals surface area (Å²) in [5.74, 6) is 0.322. The fourth-order valence-electron chi connectivity index (χ4n) is 0.689. The molecule has 0 aromatic rings. The van der Waals surface area contributed by atoms with Crippen LogP contribution >= 0.6 is 0 Å². The van der Waals surface area contributed by atoms with Gasteiger partial charge in [0.2, 0.25) is 0 Å². The number of ketones is 1. The summed E-state index contributed by atoms with van der Waals surface area (Å²) in [6.07, 6.45) is 1.77. The average molecular weight is 175 g/mol. The molecule has 0 spiro atoms. The van der Waals surface area contributed by atoms with Crippen LogP contribution in [0.15, 0.2) is 10.5 Å². The first kappa shape index (κ1) is 6.06. The predicted molar refractivity (Wildman–Crippen MR) is 33.9 cm³/mol. The summed E-state index contributed by atoms with van der Waals surface area (Å²) in [5, 5.41) is 0. The molecule has 0 fully saturated rings. The van der Waals surface area contributed by atoms with Crippen molar-refractivity contribution in [1.82, 2.24) is 0 Å². The van der Waals surface area contributed by atoms with E-state index >= 15 is 0 Å². The molecule has 0 saturated carbocycles. The van der Waals surface area contributed by atoms with Crippen LogP contribution in [0.1, 0.15) is 13.8 Å². The molecule has 1 aliphatic heterocycles. The molecule has 1 nitrogen and oxygen atoms in total. The molecular formula is C6H8OSe. The molecule has 44 valence electrons. The van der Waals surface area contributed by atoms with Gasteiger partial charge >= 0.3 is 54.7 Å². The third kappa shape index (κ3) is 1.01. The molecule has 0 aromatic carbocycles. The van der Waals surface area contributed by atoms with Crippen LogP contribution in [0.4, 0.5) is 0 Å². The van der Waals surface area contributed by atoms with E-state index in [0.29, 0.717) is 25.6 Å². The summed E-state index contributed by atoms with van der Waals surface area (Å²) in [4.78, 5) is 11.0. The molecule has 2 heteroatoms. The Hall–Kier alpha value is -0.0705. The Bertz CT molecular complexity index is 149. The minimum atomic E-state index is 0.322. The van der Waals surface area contributed by atoms with Gasteiger partial charge in [-0.05, 0) is 0 Å². The zero-order valence-corrected chi connectivity index (χ0v) is 6.68. The van der Waals surface area contributed by atoms with Gasteiger partial charge < -0.3 is 0 Å². The SMILES string of the molecule is CC1=CC(=O)C(C)[Se]1. The van der Waals surface area contributed by atoms with Crippen LogP contribution in [-0.4, -0.2) is 20.7 Å². The zero-order valence-electron chi connectivity index (χ0n) is 4.97. The van der Waals surface area contributed by atoms with E-state index in [0.717, 1.165) is 0 Å². The van der Waals surface area contributed by atoms with Crippen LogP contribution in [0, 0.1) is 0 Å². The standard InChI is InChI=1S/C6H8OSe/c1-4-3-6(7)5(2)8-4/h3,5H,1-2H3. The Morgan fingerprint density at radius 3 is 2.50 bits per heavy atom. The van der Waals surface area contributed by atoms with Crippen LogP contribution in [-0.2, 0) is 4.79 Å². The molecule has 0 aromatic heterocycles. The Morgan fingerprint density at radius 2 is 2.38 bits per heavy atom. The van der Waals surface area contributed by atoms with Crippen LogP contribution < -0.4 is 0 Å². The van der Waals surface area contributed by atoms with Crippen molar-refractivity contribution in [3.63, 3.8) is 0 Å². The van der Waals surface area contributed by atoms with Gasteiger partial charge in [-0.3, -0.25) is 0 Å². The third-order valence-corrected chi connectivity index (χ3v) is 3.37. The molecule has 0 amide bonds. The monoisotopic (exact) mass is 176 g/mol. The summed E-state index contributed by atoms with van der Waals surface area (Å²) in [7, 11) is 0. The molecule has 1 unspecified atom stereocenters. The second kappa shape index (κ2) is 2.04. The van der Waals surface area contributed by atoms with Crippen LogP contribution in [0.2, 0.25) is 4.82 Å². The molecule has 0 bridgehead atoms. The van der Waals surface area contributed by atoms with Crippen molar-refractivity contribution in [3.05, 3.63) is 10.5 Å². The number of hydrogen-bond acceptors (Lipinski definition) is 1. The van der Waals surface area contributed by atoms with Gasteiger partial charge in [0.15, 0.2) is 0 Å². The first-order valence-electron chi connectivity index (χ1n) is 2.59. The molecule has 0 radical (unpaired) electrons. The third-order valence-electron chi connectivity index (χ3n) is 1.11. The summed E-state index contributed by atoms with van der Waals surface area (Å²) in [5.41, 5.74) is 0. The van der Waals surface area contributed by atoms with E-state index in [9.17, 15) is 4.79 Å². The van der Waals surface area contributed by atoms with Crippen LogP contribution in [0.3, 0.4) is 0 Å². The van der Waals surface area contributed by atoms with Crippen molar-refractivity contribution in [2.75, 3.05) is 0 Å². The molecule has 1 rings (SSSR count). The van der Waals surface area contributed by atoms with E-state index in [1.807, 2.05) is 13.8 Å². The van der Waals surface area contributed by atoms with Crippen molar-refractivity contribution in [2.45, 2.75) is 18.7 Å². The first-order valence-corrected chi connectivity index (χ1v) is 4.43. The Kier molecular flexibility index (Phi) is 1.54. The maximum atomic E-state index is 10.7. The van der Waals surface area contributed by atoms with Gasteiger partial charge in [0.25, 0.3) is 0 Å². The van der Waals surface area contributed by atoms with Gasteiger partial charge in [-0.25, -0.2) is 0 Å². The number of rotatable bonds is 0. The average Bonchev–Trinajstić information content (AvgIpc) is 1.85. The Morgan fingerprint density at radius 1 is 1.75 bits per heavy atom. The summed E-state index contributed by atoms with van der Waals surface area (Å²) in [6, 6.07) is 0. The van der Waals surface area contributed by atoms with Gasteiger partial charge in [0.05, 0.1) is 0 Å². The van der Waals surface area contributed by atoms with Crippen molar-refractivity contribution >= 4 is 20.7 Å². The summed E-state index contributed by atoms with van der Waals surface area (Å²) >= 11 is 0.469. The number of allylic oxidation sites excluding steroid dienone is 2. The number of hydrogen-bond donors (Lipinski definition) is 0. The fraction of sp³-hybridized carbons (Fsp3) is 0.500. The number of carbonyl (C=O) groups excluding carboxylic acids is 1. The molecular weight excluding hydrogens is 167 g/mol. The van der Waals surface area contributed by atoms with E-state index < -0.39 is 0 Å². The van der Waals surface area contributed by atoms with E-state index in [4.69, 9.17) is 0 Å². The summed E-state index contributed by atoms with van der Waals surface area (Å²) in [6.45, 7) is 4.02. The maximum absolute atomic E-state index is 10.7. The van der Waals surface area contributed by atoms with Crippen molar-refractivity contribution in [1.29, 1.82) is 0 Å². The molecule has 0 aliphatic carbocycles. The Balaban J connectivity index is 2.70. The van der Waals surface area contributed by atoms with E-state index in [-0.39, 0.29) is 0 Å². The second-order valence-electron chi connectivity index (χ2n) is 1.92. The summed E-state index contributed by atoms with van der Waals surface area (Å²) < 4.78 is 1.29. The molecule has 1 aliphatic rings. The molecule has 1 atom stereocenters. The molecule has 0 N–H and O–H groups in total. The first-order chi connectivity index (χ1) is 3.70. The fourth-order valence-corrected chi connectivity index (χ4v) is 2.63.